The van der Waals surface area contributed by atoms with Gasteiger partial charge in [0.2, 0.25) is 5.91 Å². The number of urea groups is 1. The predicted molar refractivity (Wildman–Crippen MR) is 130 cm³/mol. The van der Waals surface area contributed by atoms with Crippen molar-refractivity contribution in [3.63, 3.8) is 0 Å². The van der Waals surface area contributed by atoms with Gasteiger partial charge in [0.15, 0.2) is 5.78 Å². The van der Waals surface area contributed by atoms with Crippen LogP contribution in [0.5, 0.6) is 0 Å². The molecular formula is C24H40N4O5. The van der Waals surface area contributed by atoms with Gasteiger partial charge in [-0.2, -0.15) is 0 Å². The molecule has 186 valence electrons. The molecule has 5 N–H and O–H groups in total. The SMILES string of the molecule is CC.CN[C@H](C(=O)C[C@@H](CCCNC(N)=O)C(=O)Nc1ccc(COC(C)=O)cc1)C(C)C. The van der Waals surface area contributed by atoms with Crippen LogP contribution in [-0.4, -0.2) is 43.3 Å². The molecule has 0 unspecified atom stereocenters. The van der Waals surface area contributed by atoms with Gasteiger partial charge in [0.25, 0.3) is 0 Å². The molecule has 0 heterocycles. The van der Waals surface area contributed by atoms with Crippen LogP contribution >= 0.6 is 0 Å². The molecule has 0 aliphatic carbocycles. The minimum Gasteiger partial charge on any atom is -0.461 e. The van der Waals surface area contributed by atoms with Gasteiger partial charge in [0, 0.05) is 31.5 Å². The summed E-state index contributed by atoms with van der Waals surface area (Å²) in [5, 5.41) is 8.35. The zero-order valence-electron chi connectivity index (χ0n) is 20.7. The third-order valence-electron chi connectivity index (χ3n) is 4.84. The number of amides is 3. The van der Waals surface area contributed by atoms with E-state index >= 15 is 0 Å². The summed E-state index contributed by atoms with van der Waals surface area (Å²) in [6, 6.07) is 5.99. The quantitative estimate of drug-likeness (QED) is 0.261. The maximum atomic E-state index is 12.9. The molecule has 0 bridgehead atoms. The molecule has 1 rings (SSSR count). The van der Waals surface area contributed by atoms with E-state index in [4.69, 9.17) is 10.5 Å². The molecule has 33 heavy (non-hydrogen) atoms. The van der Waals surface area contributed by atoms with Gasteiger partial charge in [0.1, 0.15) is 6.61 Å². The number of hydrogen-bond acceptors (Lipinski definition) is 6. The minimum atomic E-state index is -0.624. The molecular weight excluding hydrogens is 424 g/mol. The molecule has 1 aromatic carbocycles. The van der Waals surface area contributed by atoms with Crippen molar-refractivity contribution >= 4 is 29.4 Å². The summed E-state index contributed by atoms with van der Waals surface area (Å²) in [7, 11) is 1.73. The fraction of sp³-hybridized carbons (Fsp3) is 0.583. The topological polar surface area (TPSA) is 140 Å². The number of ether oxygens (including phenoxy) is 1. The highest BCUT2D eigenvalue weighted by atomic mass is 16.5. The van der Waals surface area contributed by atoms with Crippen molar-refractivity contribution < 1.29 is 23.9 Å². The van der Waals surface area contributed by atoms with Crippen LogP contribution < -0.4 is 21.7 Å². The molecule has 9 heteroatoms. The van der Waals surface area contributed by atoms with Gasteiger partial charge >= 0.3 is 12.0 Å². The Morgan fingerprint density at radius 2 is 1.67 bits per heavy atom. The first-order chi connectivity index (χ1) is 15.6. The van der Waals surface area contributed by atoms with E-state index in [1.807, 2.05) is 27.7 Å². The van der Waals surface area contributed by atoms with Gasteiger partial charge in [-0.15, -0.1) is 0 Å². The van der Waals surface area contributed by atoms with E-state index in [0.717, 1.165) is 5.56 Å². The van der Waals surface area contributed by atoms with E-state index in [1.165, 1.54) is 6.92 Å². The van der Waals surface area contributed by atoms with Gasteiger partial charge in [-0.3, -0.25) is 14.4 Å². The van der Waals surface area contributed by atoms with E-state index in [1.54, 1.807) is 31.3 Å². The molecule has 0 saturated carbocycles. The van der Waals surface area contributed by atoms with E-state index in [-0.39, 0.29) is 42.6 Å². The smallest absolute Gasteiger partial charge is 0.312 e. The molecule has 9 nitrogen and oxygen atoms in total. The van der Waals surface area contributed by atoms with Crippen molar-refractivity contribution in [2.45, 2.75) is 66.5 Å². The van der Waals surface area contributed by atoms with Gasteiger partial charge in [-0.25, -0.2) is 4.79 Å². The number of Topliss-reactive ketones (excluding diaryl/α,β-unsaturated/α-hetero) is 1. The number of benzene rings is 1. The summed E-state index contributed by atoms with van der Waals surface area (Å²) in [6.45, 7) is 9.73. The molecule has 0 saturated heterocycles. The van der Waals surface area contributed by atoms with Crippen molar-refractivity contribution in [3.05, 3.63) is 29.8 Å². The lowest BCUT2D eigenvalue weighted by atomic mass is 9.89. The minimum absolute atomic E-state index is 0.0303. The van der Waals surface area contributed by atoms with Crippen molar-refractivity contribution in [1.82, 2.24) is 10.6 Å². The number of nitrogens with one attached hydrogen (secondary N) is 3. The van der Waals surface area contributed by atoms with E-state index in [0.29, 0.717) is 25.1 Å². The number of rotatable bonds is 13. The molecule has 3 amide bonds. The lowest BCUT2D eigenvalue weighted by Crippen LogP contribution is -2.40. The van der Waals surface area contributed by atoms with Crippen molar-refractivity contribution in [2.75, 3.05) is 18.9 Å². The summed E-state index contributed by atoms with van der Waals surface area (Å²) < 4.78 is 4.95. The number of primary amides is 1. The fourth-order valence-corrected chi connectivity index (χ4v) is 3.24. The standard InChI is InChI=1S/C22H34N4O5.C2H6/c1-14(2)20(24-4)19(28)12-17(6-5-11-25-22(23)30)21(29)26-18-9-7-16(8-10-18)13-31-15(3)27;1-2/h7-10,14,17,20,24H,5-6,11-13H2,1-4H3,(H,26,29)(H3,23,25,30);1-2H3/t17-,20+;/m1./s1. The van der Waals surface area contributed by atoms with Gasteiger partial charge in [-0.05, 0) is 43.5 Å². The average Bonchev–Trinajstić information content (AvgIpc) is 2.76. The number of carbonyl (C=O) groups excluding carboxylic acids is 4. The molecule has 0 radical (unpaired) electrons. The molecule has 0 fully saturated rings. The second-order valence-electron chi connectivity index (χ2n) is 7.78. The Labute approximate surface area is 197 Å². The van der Waals surface area contributed by atoms with Crippen LogP contribution in [0.2, 0.25) is 0 Å². The number of hydrogen-bond donors (Lipinski definition) is 4. The number of nitrogens with two attached hydrogens (primary N) is 1. The average molecular weight is 465 g/mol. The number of anilines is 1. The Bertz CT molecular complexity index is 750. The summed E-state index contributed by atoms with van der Waals surface area (Å²) in [6.07, 6.45) is 1.04. The fourth-order valence-electron chi connectivity index (χ4n) is 3.24. The van der Waals surface area contributed by atoms with Crippen LogP contribution in [0.4, 0.5) is 10.5 Å². The monoisotopic (exact) mass is 464 g/mol. The summed E-state index contributed by atoms with van der Waals surface area (Å²) in [4.78, 5) is 47.4. The zero-order valence-corrected chi connectivity index (χ0v) is 20.7. The highest BCUT2D eigenvalue weighted by molar-refractivity contribution is 5.96. The predicted octanol–water partition coefficient (Wildman–Crippen LogP) is 2.98. The number of carbonyl (C=O) groups is 4. The Hall–Kier alpha value is -2.94. The van der Waals surface area contributed by atoms with Crippen LogP contribution in [0, 0.1) is 11.8 Å². The van der Waals surface area contributed by atoms with Crippen LogP contribution in [0.25, 0.3) is 0 Å². The Kier molecular flexibility index (Phi) is 15.2. The molecule has 0 aliphatic heterocycles. The number of esters is 1. The van der Waals surface area contributed by atoms with Crippen molar-refractivity contribution in [3.8, 4) is 0 Å². The van der Waals surface area contributed by atoms with Crippen molar-refractivity contribution in [2.24, 2.45) is 17.6 Å². The first-order valence-corrected chi connectivity index (χ1v) is 11.4. The third kappa shape index (κ3) is 12.6. The number of likely N-dealkylation sites (N-methyl/N-ethyl adjacent to an activating group) is 1. The lowest BCUT2D eigenvalue weighted by molar-refractivity contribution is -0.142. The Balaban J connectivity index is 0.00000497. The number of ketones is 1. The summed E-state index contributed by atoms with van der Waals surface area (Å²) in [5.41, 5.74) is 6.45. The molecule has 0 spiro atoms. The highest BCUT2D eigenvalue weighted by Crippen LogP contribution is 2.19. The van der Waals surface area contributed by atoms with Crippen molar-refractivity contribution in [1.29, 1.82) is 0 Å². The highest BCUT2D eigenvalue weighted by Gasteiger charge is 2.27. The van der Waals surface area contributed by atoms with Crippen LogP contribution in [0.1, 0.15) is 59.4 Å². The molecule has 2 atom stereocenters. The molecule has 1 aromatic rings. The van der Waals surface area contributed by atoms with Crippen LogP contribution in [0.3, 0.4) is 0 Å². The van der Waals surface area contributed by atoms with E-state index in [2.05, 4.69) is 16.0 Å². The van der Waals surface area contributed by atoms with Gasteiger partial charge < -0.3 is 26.4 Å². The zero-order chi connectivity index (χ0) is 25.4. The normalized spacial score (nSPS) is 12.1. The molecule has 0 aromatic heterocycles. The third-order valence-corrected chi connectivity index (χ3v) is 4.84. The van der Waals surface area contributed by atoms with Crippen LogP contribution in [-0.2, 0) is 25.7 Å². The largest absolute Gasteiger partial charge is 0.461 e. The first-order valence-electron chi connectivity index (χ1n) is 11.4. The maximum absolute atomic E-state index is 12.9. The Morgan fingerprint density at radius 3 is 2.15 bits per heavy atom. The second kappa shape index (κ2) is 16.7. The lowest BCUT2D eigenvalue weighted by Gasteiger charge is -2.22. The van der Waals surface area contributed by atoms with E-state index in [9.17, 15) is 19.2 Å². The first kappa shape index (κ1) is 30.1. The molecule has 0 aliphatic rings. The summed E-state index contributed by atoms with van der Waals surface area (Å²) in [5.74, 6) is -1.10. The van der Waals surface area contributed by atoms with Crippen LogP contribution in [0.15, 0.2) is 24.3 Å². The van der Waals surface area contributed by atoms with E-state index < -0.39 is 11.9 Å². The maximum Gasteiger partial charge on any atom is 0.312 e. The van der Waals surface area contributed by atoms with Gasteiger partial charge in [-0.1, -0.05) is 39.8 Å². The second-order valence-corrected chi connectivity index (χ2v) is 7.78. The Morgan fingerprint density at radius 1 is 1.06 bits per heavy atom. The van der Waals surface area contributed by atoms with Gasteiger partial charge in [0.05, 0.1) is 6.04 Å². The summed E-state index contributed by atoms with van der Waals surface area (Å²) >= 11 is 0.